The average Bonchev–Trinajstić information content (AvgIpc) is 2.92. The SMILES string of the molecule is CCNCc1csc(Cc2ccc(OC)c(OC)c2)n1. The number of benzene rings is 1. The fourth-order valence-electron chi connectivity index (χ4n) is 1.93. The number of aromatic nitrogens is 1. The third-order valence-electron chi connectivity index (χ3n) is 2.96. The van der Waals surface area contributed by atoms with Crippen LogP contribution in [-0.2, 0) is 13.0 Å². The van der Waals surface area contributed by atoms with Crippen LogP contribution >= 0.6 is 11.3 Å². The molecule has 2 aromatic rings. The zero-order valence-corrected chi connectivity index (χ0v) is 12.9. The predicted molar refractivity (Wildman–Crippen MR) is 81.8 cm³/mol. The molecule has 1 heterocycles. The van der Waals surface area contributed by atoms with Crippen molar-refractivity contribution in [3.8, 4) is 11.5 Å². The first-order valence-corrected chi connectivity index (χ1v) is 7.49. The number of nitrogens with one attached hydrogen (secondary N) is 1. The van der Waals surface area contributed by atoms with E-state index in [-0.39, 0.29) is 0 Å². The monoisotopic (exact) mass is 292 g/mol. The van der Waals surface area contributed by atoms with Crippen LogP contribution in [0.15, 0.2) is 23.6 Å². The molecule has 4 nitrogen and oxygen atoms in total. The first kappa shape index (κ1) is 14.8. The summed E-state index contributed by atoms with van der Waals surface area (Å²) in [5.41, 5.74) is 2.28. The average molecular weight is 292 g/mol. The molecule has 0 spiro atoms. The van der Waals surface area contributed by atoms with E-state index in [4.69, 9.17) is 9.47 Å². The van der Waals surface area contributed by atoms with Crippen LogP contribution in [0.1, 0.15) is 23.2 Å². The van der Waals surface area contributed by atoms with Crippen molar-refractivity contribution in [2.45, 2.75) is 19.9 Å². The van der Waals surface area contributed by atoms with Gasteiger partial charge in [-0.25, -0.2) is 4.98 Å². The summed E-state index contributed by atoms with van der Waals surface area (Å²) < 4.78 is 10.6. The number of thiazole rings is 1. The van der Waals surface area contributed by atoms with E-state index < -0.39 is 0 Å². The molecule has 0 aliphatic heterocycles. The first-order valence-electron chi connectivity index (χ1n) is 6.61. The molecule has 0 amide bonds. The second-order valence-electron chi connectivity index (χ2n) is 4.38. The van der Waals surface area contributed by atoms with E-state index in [1.54, 1.807) is 25.6 Å². The van der Waals surface area contributed by atoms with Gasteiger partial charge in [-0.2, -0.15) is 0 Å². The minimum absolute atomic E-state index is 0.753. The highest BCUT2D eigenvalue weighted by Crippen LogP contribution is 2.28. The molecule has 1 aromatic carbocycles. The summed E-state index contributed by atoms with van der Waals surface area (Å²) in [5.74, 6) is 1.51. The highest BCUT2D eigenvalue weighted by atomic mass is 32.1. The molecule has 0 saturated heterocycles. The highest BCUT2D eigenvalue weighted by molar-refractivity contribution is 7.09. The lowest BCUT2D eigenvalue weighted by Crippen LogP contribution is -2.11. The Hall–Kier alpha value is -1.59. The Bertz CT molecular complexity index is 555. The van der Waals surface area contributed by atoms with E-state index in [0.717, 1.165) is 41.7 Å². The largest absolute Gasteiger partial charge is 0.493 e. The molecule has 2 rings (SSSR count). The van der Waals surface area contributed by atoms with Crippen molar-refractivity contribution >= 4 is 11.3 Å². The maximum absolute atomic E-state index is 5.32. The number of hydrogen-bond donors (Lipinski definition) is 1. The number of ether oxygens (including phenoxy) is 2. The lowest BCUT2D eigenvalue weighted by atomic mass is 10.1. The van der Waals surface area contributed by atoms with Crippen molar-refractivity contribution in [1.82, 2.24) is 10.3 Å². The van der Waals surface area contributed by atoms with Gasteiger partial charge in [0.2, 0.25) is 0 Å². The summed E-state index contributed by atoms with van der Waals surface area (Å²) in [6, 6.07) is 5.98. The Morgan fingerprint density at radius 1 is 1.20 bits per heavy atom. The van der Waals surface area contributed by atoms with E-state index in [2.05, 4.69) is 22.6 Å². The molecular formula is C15H20N2O2S. The Kier molecular flexibility index (Phi) is 5.38. The van der Waals surface area contributed by atoms with E-state index >= 15 is 0 Å². The summed E-state index contributed by atoms with van der Waals surface area (Å²) in [5, 5.41) is 6.51. The standard InChI is InChI=1S/C15H20N2O2S/c1-4-16-9-12-10-20-15(17-12)8-11-5-6-13(18-2)14(7-11)19-3/h5-7,10,16H,4,8-9H2,1-3H3. The van der Waals surface area contributed by atoms with Gasteiger partial charge >= 0.3 is 0 Å². The van der Waals surface area contributed by atoms with Crippen molar-refractivity contribution < 1.29 is 9.47 Å². The highest BCUT2D eigenvalue weighted by Gasteiger charge is 2.07. The van der Waals surface area contributed by atoms with E-state index in [1.807, 2.05) is 18.2 Å². The maximum atomic E-state index is 5.32. The van der Waals surface area contributed by atoms with E-state index in [1.165, 1.54) is 5.56 Å². The summed E-state index contributed by atoms with van der Waals surface area (Å²) >= 11 is 1.70. The van der Waals surface area contributed by atoms with Gasteiger partial charge < -0.3 is 14.8 Å². The van der Waals surface area contributed by atoms with Gasteiger partial charge in [-0.05, 0) is 24.2 Å². The Morgan fingerprint density at radius 3 is 2.70 bits per heavy atom. The minimum Gasteiger partial charge on any atom is -0.493 e. The molecule has 0 saturated carbocycles. The van der Waals surface area contributed by atoms with Gasteiger partial charge in [-0.15, -0.1) is 11.3 Å². The molecule has 5 heteroatoms. The third kappa shape index (κ3) is 3.71. The molecule has 0 fully saturated rings. The fraction of sp³-hybridized carbons (Fsp3) is 0.400. The zero-order valence-electron chi connectivity index (χ0n) is 12.1. The van der Waals surface area contributed by atoms with Crippen LogP contribution in [0.2, 0.25) is 0 Å². The van der Waals surface area contributed by atoms with Gasteiger partial charge in [0.15, 0.2) is 11.5 Å². The lowest BCUT2D eigenvalue weighted by molar-refractivity contribution is 0.354. The second-order valence-corrected chi connectivity index (χ2v) is 5.32. The van der Waals surface area contributed by atoms with Crippen molar-refractivity contribution in [3.63, 3.8) is 0 Å². The van der Waals surface area contributed by atoms with Crippen molar-refractivity contribution in [1.29, 1.82) is 0 Å². The van der Waals surface area contributed by atoms with Crippen LogP contribution in [0, 0.1) is 0 Å². The third-order valence-corrected chi connectivity index (χ3v) is 3.86. The molecule has 1 aromatic heterocycles. The Morgan fingerprint density at radius 2 is 2.00 bits per heavy atom. The molecule has 0 aliphatic carbocycles. The van der Waals surface area contributed by atoms with Crippen LogP contribution in [0.25, 0.3) is 0 Å². The molecule has 0 atom stereocenters. The van der Waals surface area contributed by atoms with Gasteiger partial charge in [0.1, 0.15) is 0 Å². The smallest absolute Gasteiger partial charge is 0.160 e. The summed E-state index contributed by atoms with van der Waals surface area (Å²) in [4.78, 5) is 4.63. The number of hydrogen-bond acceptors (Lipinski definition) is 5. The van der Waals surface area contributed by atoms with E-state index in [9.17, 15) is 0 Å². The number of methoxy groups -OCH3 is 2. The van der Waals surface area contributed by atoms with Crippen LogP contribution in [-0.4, -0.2) is 25.7 Å². The Labute approximate surface area is 123 Å². The van der Waals surface area contributed by atoms with Crippen molar-refractivity contribution in [3.05, 3.63) is 39.8 Å². The molecule has 20 heavy (non-hydrogen) atoms. The quantitative estimate of drug-likeness (QED) is 0.852. The van der Waals surface area contributed by atoms with Crippen molar-refractivity contribution in [2.75, 3.05) is 20.8 Å². The topological polar surface area (TPSA) is 43.4 Å². The molecule has 1 N–H and O–H groups in total. The van der Waals surface area contributed by atoms with Gasteiger partial charge in [0, 0.05) is 18.3 Å². The van der Waals surface area contributed by atoms with Crippen molar-refractivity contribution in [2.24, 2.45) is 0 Å². The lowest BCUT2D eigenvalue weighted by Gasteiger charge is -2.08. The molecule has 0 aliphatic rings. The van der Waals surface area contributed by atoms with Gasteiger partial charge in [-0.3, -0.25) is 0 Å². The first-order chi connectivity index (χ1) is 9.76. The summed E-state index contributed by atoms with van der Waals surface area (Å²) in [7, 11) is 3.30. The molecule has 0 bridgehead atoms. The maximum Gasteiger partial charge on any atom is 0.160 e. The molecular weight excluding hydrogens is 272 g/mol. The number of rotatable bonds is 7. The number of nitrogens with zero attached hydrogens (tertiary/aromatic N) is 1. The van der Waals surface area contributed by atoms with Gasteiger partial charge in [-0.1, -0.05) is 13.0 Å². The molecule has 0 radical (unpaired) electrons. The summed E-state index contributed by atoms with van der Waals surface area (Å²) in [6.07, 6.45) is 0.817. The molecule has 108 valence electrons. The predicted octanol–water partition coefficient (Wildman–Crippen LogP) is 2.86. The second kappa shape index (κ2) is 7.26. The summed E-state index contributed by atoms with van der Waals surface area (Å²) in [6.45, 7) is 3.89. The minimum atomic E-state index is 0.753. The van der Waals surface area contributed by atoms with E-state index in [0.29, 0.717) is 0 Å². The van der Waals surface area contributed by atoms with Crippen LogP contribution in [0.3, 0.4) is 0 Å². The molecule has 0 unspecified atom stereocenters. The zero-order chi connectivity index (χ0) is 14.4. The van der Waals surface area contributed by atoms with Crippen LogP contribution in [0.4, 0.5) is 0 Å². The Balaban J connectivity index is 2.07. The van der Waals surface area contributed by atoms with Crippen LogP contribution in [0.5, 0.6) is 11.5 Å². The van der Waals surface area contributed by atoms with Gasteiger partial charge in [0.05, 0.1) is 24.9 Å². The van der Waals surface area contributed by atoms with Crippen LogP contribution < -0.4 is 14.8 Å². The van der Waals surface area contributed by atoms with Gasteiger partial charge in [0.25, 0.3) is 0 Å². The fourth-order valence-corrected chi connectivity index (χ4v) is 2.76. The normalized spacial score (nSPS) is 10.6.